The molecule has 2 rings (SSSR count). The van der Waals surface area contributed by atoms with Gasteiger partial charge in [-0.05, 0) is 32.0 Å². The number of rotatable bonds is 4. The highest BCUT2D eigenvalue weighted by atomic mass is 19.1. The Morgan fingerprint density at radius 2 is 2.44 bits per heavy atom. The topological polar surface area (TPSA) is 33.3 Å². The standard InChI is InChI=1S/C12H17FN2O/c1-2-16-12-4-3-9(7-11(12)13)15-10-5-6-14-8-10/h3-4,7,10,14-15H,2,5-6,8H2,1H3. The van der Waals surface area contributed by atoms with Crippen molar-refractivity contribution < 1.29 is 9.13 Å². The first-order valence-corrected chi connectivity index (χ1v) is 5.69. The van der Waals surface area contributed by atoms with Gasteiger partial charge in [0.05, 0.1) is 6.61 Å². The van der Waals surface area contributed by atoms with Crippen molar-refractivity contribution >= 4 is 5.69 Å². The van der Waals surface area contributed by atoms with Crippen LogP contribution >= 0.6 is 0 Å². The summed E-state index contributed by atoms with van der Waals surface area (Å²) < 4.78 is 18.7. The van der Waals surface area contributed by atoms with Crippen molar-refractivity contribution in [1.29, 1.82) is 0 Å². The fourth-order valence-corrected chi connectivity index (χ4v) is 1.88. The van der Waals surface area contributed by atoms with E-state index in [9.17, 15) is 4.39 Å². The summed E-state index contributed by atoms with van der Waals surface area (Å²) in [5, 5.41) is 6.55. The van der Waals surface area contributed by atoms with Crippen LogP contribution in [0, 0.1) is 5.82 Å². The van der Waals surface area contributed by atoms with Gasteiger partial charge < -0.3 is 15.4 Å². The molecule has 1 heterocycles. The SMILES string of the molecule is CCOc1ccc(NC2CCNC2)cc1F. The highest BCUT2D eigenvalue weighted by Gasteiger charge is 2.14. The van der Waals surface area contributed by atoms with Gasteiger partial charge in [0.2, 0.25) is 0 Å². The monoisotopic (exact) mass is 224 g/mol. The Balaban J connectivity index is 2.02. The Hall–Kier alpha value is -1.29. The Labute approximate surface area is 95.0 Å². The zero-order valence-corrected chi connectivity index (χ0v) is 9.42. The molecule has 0 saturated carbocycles. The minimum atomic E-state index is -0.308. The lowest BCUT2D eigenvalue weighted by Crippen LogP contribution is -2.22. The summed E-state index contributed by atoms with van der Waals surface area (Å²) in [7, 11) is 0. The van der Waals surface area contributed by atoms with Crippen molar-refractivity contribution in [2.75, 3.05) is 25.0 Å². The van der Waals surface area contributed by atoms with Gasteiger partial charge in [-0.25, -0.2) is 4.39 Å². The molecule has 0 aliphatic carbocycles. The van der Waals surface area contributed by atoms with E-state index in [1.807, 2.05) is 13.0 Å². The summed E-state index contributed by atoms with van der Waals surface area (Å²) in [6.45, 7) is 4.29. The summed E-state index contributed by atoms with van der Waals surface area (Å²) in [4.78, 5) is 0. The minimum absolute atomic E-state index is 0.308. The molecule has 1 aromatic carbocycles. The second kappa shape index (κ2) is 5.16. The number of benzene rings is 1. The van der Waals surface area contributed by atoms with Gasteiger partial charge in [-0.2, -0.15) is 0 Å². The quantitative estimate of drug-likeness (QED) is 0.820. The minimum Gasteiger partial charge on any atom is -0.491 e. The number of nitrogens with one attached hydrogen (secondary N) is 2. The fraction of sp³-hybridized carbons (Fsp3) is 0.500. The summed E-state index contributed by atoms with van der Waals surface area (Å²) >= 11 is 0. The van der Waals surface area contributed by atoms with Crippen LogP contribution in [0.15, 0.2) is 18.2 Å². The smallest absolute Gasteiger partial charge is 0.167 e. The van der Waals surface area contributed by atoms with Crippen LogP contribution in [0.4, 0.5) is 10.1 Å². The second-order valence-electron chi connectivity index (χ2n) is 3.91. The molecule has 4 heteroatoms. The van der Waals surface area contributed by atoms with Crippen molar-refractivity contribution in [1.82, 2.24) is 5.32 Å². The maximum atomic E-state index is 13.5. The van der Waals surface area contributed by atoms with E-state index in [1.165, 1.54) is 6.07 Å². The maximum Gasteiger partial charge on any atom is 0.167 e. The molecular formula is C12H17FN2O. The Morgan fingerprint density at radius 3 is 3.06 bits per heavy atom. The lowest BCUT2D eigenvalue weighted by Gasteiger charge is -2.13. The van der Waals surface area contributed by atoms with Gasteiger partial charge in [-0.1, -0.05) is 0 Å². The average Bonchev–Trinajstić information content (AvgIpc) is 2.75. The molecule has 1 fully saturated rings. The maximum absolute atomic E-state index is 13.5. The van der Waals surface area contributed by atoms with Crippen LogP contribution in [0.5, 0.6) is 5.75 Å². The summed E-state index contributed by atoms with van der Waals surface area (Å²) in [5.41, 5.74) is 0.814. The molecule has 0 amide bonds. The first kappa shape index (κ1) is 11.2. The normalized spacial score (nSPS) is 19.8. The molecule has 0 aromatic heterocycles. The molecular weight excluding hydrogens is 207 g/mol. The van der Waals surface area contributed by atoms with Crippen LogP contribution in [-0.2, 0) is 0 Å². The molecule has 16 heavy (non-hydrogen) atoms. The van der Waals surface area contributed by atoms with Crippen molar-refractivity contribution in [3.63, 3.8) is 0 Å². The molecule has 0 radical (unpaired) electrons. The predicted molar refractivity (Wildman–Crippen MR) is 62.5 cm³/mol. The Bertz CT molecular complexity index is 351. The van der Waals surface area contributed by atoms with Gasteiger partial charge in [0.15, 0.2) is 11.6 Å². The van der Waals surface area contributed by atoms with E-state index in [0.717, 1.165) is 25.2 Å². The predicted octanol–water partition coefficient (Wildman–Crippen LogP) is 2.00. The fourth-order valence-electron chi connectivity index (χ4n) is 1.88. The van der Waals surface area contributed by atoms with Crippen LogP contribution in [0.3, 0.4) is 0 Å². The molecule has 0 bridgehead atoms. The zero-order chi connectivity index (χ0) is 11.4. The van der Waals surface area contributed by atoms with Crippen LogP contribution < -0.4 is 15.4 Å². The Morgan fingerprint density at radius 1 is 1.56 bits per heavy atom. The van der Waals surface area contributed by atoms with Crippen LogP contribution in [0.2, 0.25) is 0 Å². The van der Waals surface area contributed by atoms with Gasteiger partial charge in [0.1, 0.15) is 0 Å². The van der Waals surface area contributed by atoms with E-state index < -0.39 is 0 Å². The molecule has 1 unspecified atom stereocenters. The molecule has 1 aromatic rings. The van der Waals surface area contributed by atoms with E-state index in [-0.39, 0.29) is 5.82 Å². The van der Waals surface area contributed by atoms with Gasteiger partial charge in [0.25, 0.3) is 0 Å². The third kappa shape index (κ3) is 2.64. The summed E-state index contributed by atoms with van der Waals surface area (Å²) in [5.74, 6) is 0.00963. The molecule has 1 aliphatic heterocycles. The van der Waals surface area contributed by atoms with Gasteiger partial charge in [-0.15, -0.1) is 0 Å². The van der Waals surface area contributed by atoms with E-state index in [1.54, 1.807) is 6.07 Å². The zero-order valence-electron chi connectivity index (χ0n) is 9.42. The van der Waals surface area contributed by atoms with Crippen molar-refractivity contribution in [2.45, 2.75) is 19.4 Å². The van der Waals surface area contributed by atoms with E-state index in [0.29, 0.717) is 18.4 Å². The molecule has 88 valence electrons. The number of hydrogen-bond acceptors (Lipinski definition) is 3. The Kier molecular flexibility index (Phi) is 3.62. The van der Waals surface area contributed by atoms with Crippen LogP contribution in [-0.4, -0.2) is 25.7 Å². The molecule has 1 saturated heterocycles. The summed E-state index contributed by atoms with van der Waals surface area (Å²) in [6, 6.07) is 5.41. The van der Waals surface area contributed by atoms with E-state index >= 15 is 0 Å². The van der Waals surface area contributed by atoms with Gasteiger partial charge >= 0.3 is 0 Å². The van der Waals surface area contributed by atoms with Crippen LogP contribution in [0.1, 0.15) is 13.3 Å². The van der Waals surface area contributed by atoms with Crippen molar-refractivity contribution in [2.24, 2.45) is 0 Å². The number of anilines is 1. The van der Waals surface area contributed by atoms with Gasteiger partial charge in [-0.3, -0.25) is 0 Å². The van der Waals surface area contributed by atoms with Crippen molar-refractivity contribution in [3.8, 4) is 5.75 Å². The highest BCUT2D eigenvalue weighted by Crippen LogP contribution is 2.22. The number of ether oxygens (including phenoxy) is 1. The second-order valence-corrected chi connectivity index (χ2v) is 3.91. The molecule has 1 aliphatic rings. The molecule has 0 spiro atoms. The van der Waals surface area contributed by atoms with Gasteiger partial charge in [0, 0.05) is 24.3 Å². The average molecular weight is 224 g/mol. The highest BCUT2D eigenvalue weighted by molar-refractivity contribution is 5.48. The van der Waals surface area contributed by atoms with Crippen LogP contribution in [0.25, 0.3) is 0 Å². The number of halogens is 1. The largest absolute Gasteiger partial charge is 0.491 e. The lowest BCUT2D eigenvalue weighted by atomic mass is 10.2. The molecule has 1 atom stereocenters. The number of hydrogen-bond donors (Lipinski definition) is 2. The molecule has 2 N–H and O–H groups in total. The van der Waals surface area contributed by atoms with E-state index in [4.69, 9.17) is 4.74 Å². The first-order chi connectivity index (χ1) is 7.79. The molecule has 3 nitrogen and oxygen atoms in total. The third-order valence-corrected chi connectivity index (χ3v) is 2.66. The van der Waals surface area contributed by atoms with E-state index in [2.05, 4.69) is 10.6 Å². The van der Waals surface area contributed by atoms with Crippen molar-refractivity contribution in [3.05, 3.63) is 24.0 Å². The summed E-state index contributed by atoms with van der Waals surface area (Å²) in [6.07, 6.45) is 1.08. The first-order valence-electron chi connectivity index (χ1n) is 5.69. The third-order valence-electron chi connectivity index (χ3n) is 2.66. The lowest BCUT2D eigenvalue weighted by molar-refractivity contribution is 0.321.